The summed E-state index contributed by atoms with van der Waals surface area (Å²) >= 11 is 0. The van der Waals surface area contributed by atoms with Gasteiger partial charge in [0.15, 0.2) is 0 Å². The molecular formula is C16H16N2O2. The van der Waals surface area contributed by atoms with Crippen LogP contribution >= 0.6 is 0 Å². The minimum Gasteiger partial charge on any atom is -0.497 e. The maximum Gasteiger partial charge on any atom is 0.256 e. The van der Waals surface area contributed by atoms with Gasteiger partial charge in [0.05, 0.1) is 12.7 Å². The first-order chi connectivity index (χ1) is 9.69. The molecule has 102 valence electrons. The molecule has 0 saturated carbocycles. The molecule has 1 heterocycles. The second-order valence-electron chi connectivity index (χ2n) is 4.89. The first-order valence-electron chi connectivity index (χ1n) is 6.48. The van der Waals surface area contributed by atoms with E-state index in [0.29, 0.717) is 24.3 Å². The minimum atomic E-state index is 0.00826. The smallest absolute Gasteiger partial charge is 0.256 e. The van der Waals surface area contributed by atoms with Gasteiger partial charge in [-0.25, -0.2) is 0 Å². The van der Waals surface area contributed by atoms with Crippen molar-refractivity contribution in [1.29, 1.82) is 0 Å². The number of amides is 1. The zero-order valence-electron chi connectivity index (χ0n) is 11.3. The Morgan fingerprint density at radius 2 is 1.95 bits per heavy atom. The van der Waals surface area contributed by atoms with Gasteiger partial charge in [-0.3, -0.25) is 4.79 Å². The number of nitrogens with two attached hydrogens (primary N) is 1. The van der Waals surface area contributed by atoms with Gasteiger partial charge in [0.1, 0.15) is 5.75 Å². The van der Waals surface area contributed by atoms with Crippen LogP contribution in [0.4, 0.5) is 5.69 Å². The number of hydrogen-bond acceptors (Lipinski definition) is 3. The molecule has 1 aliphatic rings. The second kappa shape index (κ2) is 4.89. The van der Waals surface area contributed by atoms with E-state index in [9.17, 15) is 4.79 Å². The van der Waals surface area contributed by atoms with Crippen molar-refractivity contribution in [1.82, 2.24) is 4.90 Å². The van der Waals surface area contributed by atoms with Gasteiger partial charge in [-0.1, -0.05) is 24.3 Å². The fourth-order valence-electron chi connectivity index (χ4n) is 2.53. The van der Waals surface area contributed by atoms with Crippen molar-refractivity contribution in [3.05, 3.63) is 59.2 Å². The Hall–Kier alpha value is -2.49. The monoisotopic (exact) mass is 268 g/mol. The van der Waals surface area contributed by atoms with Crippen LogP contribution in [0.2, 0.25) is 0 Å². The summed E-state index contributed by atoms with van der Waals surface area (Å²) < 4.78 is 5.13. The number of hydrogen-bond donors (Lipinski definition) is 1. The molecular weight excluding hydrogens is 252 g/mol. The number of ether oxygens (including phenoxy) is 1. The Kier molecular flexibility index (Phi) is 3.06. The summed E-state index contributed by atoms with van der Waals surface area (Å²) in [6.45, 7) is 1.20. The molecule has 3 rings (SSSR count). The van der Waals surface area contributed by atoms with Crippen molar-refractivity contribution < 1.29 is 9.53 Å². The molecule has 0 radical (unpaired) electrons. The lowest BCUT2D eigenvalue weighted by molar-refractivity contribution is 0.0767. The van der Waals surface area contributed by atoms with Crippen molar-refractivity contribution in [2.45, 2.75) is 13.1 Å². The molecule has 2 aromatic carbocycles. The van der Waals surface area contributed by atoms with E-state index in [4.69, 9.17) is 10.5 Å². The first-order valence-corrected chi connectivity index (χ1v) is 6.48. The Bertz CT molecular complexity index is 650. The largest absolute Gasteiger partial charge is 0.497 e. The van der Waals surface area contributed by atoms with Crippen LogP contribution in [0.1, 0.15) is 21.5 Å². The average molecular weight is 268 g/mol. The zero-order chi connectivity index (χ0) is 14.1. The third-order valence-corrected chi connectivity index (χ3v) is 3.58. The van der Waals surface area contributed by atoms with Crippen molar-refractivity contribution in [2.24, 2.45) is 0 Å². The predicted molar refractivity (Wildman–Crippen MR) is 77.4 cm³/mol. The van der Waals surface area contributed by atoms with Crippen LogP contribution in [0.3, 0.4) is 0 Å². The van der Waals surface area contributed by atoms with Crippen molar-refractivity contribution in [3.63, 3.8) is 0 Å². The van der Waals surface area contributed by atoms with E-state index in [0.717, 1.165) is 16.9 Å². The minimum absolute atomic E-state index is 0.00826. The SMILES string of the molecule is COc1ccc(CN2Cc3cccc(N)c3C2=O)cc1. The molecule has 0 unspecified atom stereocenters. The third-order valence-electron chi connectivity index (χ3n) is 3.58. The highest BCUT2D eigenvalue weighted by molar-refractivity contribution is 6.02. The van der Waals surface area contributed by atoms with Gasteiger partial charge in [0.2, 0.25) is 0 Å². The van der Waals surface area contributed by atoms with E-state index in [1.54, 1.807) is 13.2 Å². The number of fused-ring (bicyclic) bond motifs is 1. The normalized spacial score (nSPS) is 13.4. The first kappa shape index (κ1) is 12.5. The van der Waals surface area contributed by atoms with Crippen LogP contribution in [-0.2, 0) is 13.1 Å². The standard InChI is InChI=1S/C16H16N2O2/c1-20-13-7-5-11(6-8-13)9-18-10-12-3-2-4-14(17)15(12)16(18)19/h2-8H,9-10,17H2,1H3. The zero-order valence-corrected chi connectivity index (χ0v) is 11.3. The van der Waals surface area contributed by atoms with Crippen LogP contribution in [0.25, 0.3) is 0 Å². The number of carbonyl (C=O) groups is 1. The molecule has 2 aromatic rings. The van der Waals surface area contributed by atoms with E-state index < -0.39 is 0 Å². The summed E-state index contributed by atoms with van der Waals surface area (Å²) in [5.41, 5.74) is 9.18. The molecule has 0 bridgehead atoms. The number of anilines is 1. The van der Waals surface area contributed by atoms with E-state index in [1.165, 1.54) is 0 Å². The van der Waals surface area contributed by atoms with Gasteiger partial charge in [-0.05, 0) is 29.3 Å². The molecule has 0 saturated heterocycles. The predicted octanol–water partition coefficient (Wildman–Crippen LogP) is 2.43. The lowest BCUT2D eigenvalue weighted by Crippen LogP contribution is -2.23. The summed E-state index contributed by atoms with van der Waals surface area (Å²) in [4.78, 5) is 14.2. The molecule has 1 aliphatic heterocycles. The fraction of sp³-hybridized carbons (Fsp3) is 0.188. The van der Waals surface area contributed by atoms with Crippen LogP contribution in [0, 0.1) is 0 Å². The molecule has 0 atom stereocenters. The number of carbonyl (C=O) groups excluding carboxylic acids is 1. The van der Waals surface area contributed by atoms with E-state index in [-0.39, 0.29) is 5.91 Å². The number of nitrogens with zero attached hydrogens (tertiary/aromatic N) is 1. The molecule has 2 N–H and O–H groups in total. The lowest BCUT2D eigenvalue weighted by Gasteiger charge is -2.15. The summed E-state index contributed by atoms with van der Waals surface area (Å²) in [5, 5.41) is 0. The number of methoxy groups -OCH3 is 1. The van der Waals surface area contributed by atoms with Crippen LogP contribution in [-0.4, -0.2) is 17.9 Å². The molecule has 0 spiro atoms. The van der Waals surface area contributed by atoms with Crippen molar-refractivity contribution in [3.8, 4) is 5.75 Å². The van der Waals surface area contributed by atoms with Crippen molar-refractivity contribution >= 4 is 11.6 Å². The Labute approximate surface area is 117 Å². The molecule has 0 fully saturated rings. The van der Waals surface area contributed by atoms with E-state index in [2.05, 4.69) is 0 Å². The Morgan fingerprint density at radius 3 is 2.60 bits per heavy atom. The highest BCUT2D eigenvalue weighted by Gasteiger charge is 2.28. The van der Waals surface area contributed by atoms with Gasteiger partial charge >= 0.3 is 0 Å². The summed E-state index contributed by atoms with van der Waals surface area (Å²) in [5.74, 6) is 0.822. The molecule has 0 aliphatic carbocycles. The van der Waals surface area contributed by atoms with E-state index >= 15 is 0 Å². The van der Waals surface area contributed by atoms with Gasteiger partial charge in [-0.2, -0.15) is 0 Å². The molecule has 1 amide bonds. The lowest BCUT2D eigenvalue weighted by atomic mass is 10.1. The Morgan fingerprint density at radius 1 is 1.20 bits per heavy atom. The van der Waals surface area contributed by atoms with Gasteiger partial charge in [0.25, 0.3) is 5.91 Å². The summed E-state index contributed by atoms with van der Waals surface area (Å²) in [7, 11) is 1.64. The highest BCUT2D eigenvalue weighted by atomic mass is 16.5. The fourth-order valence-corrected chi connectivity index (χ4v) is 2.53. The van der Waals surface area contributed by atoms with Gasteiger partial charge in [0, 0.05) is 18.8 Å². The Balaban J connectivity index is 1.80. The number of benzene rings is 2. The van der Waals surface area contributed by atoms with E-state index in [1.807, 2.05) is 41.3 Å². The summed E-state index contributed by atoms with van der Waals surface area (Å²) in [6, 6.07) is 13.4. The van der Waals surface area contributed by atoms with Gasteiger partial charge < -0.3 is 15.4 Å². The van der Waals surface area contributed by atoms with Crippen molar-refractivity contribution in [2.75, 3.05) is 12.8 Å². The molecule has 0 aromatic heterocycles. The third kappa shape index (κ3) is 2.09. The van der Waals surface area contributed by atoms with Crippen LogP contribution < -0.4 is 10.5 Å². The summed E-state index contributed by atoms with van der Waals surface area (Å²) in [6.07, 6.45) is 0. The average Bonchev–Trinajstić information content (AvgIpc) is 2.78. The topological polar surface area (TPSA) is 55.6 Å². The van der Waals surface area contributed by atoms with Crippen LogP contribution in [0.5, 0.6) is 5.75 Å². The quantitative estimate of drug-likeness (QED) is 0.870. The number of rotatable bonds is 3. The molecule has 20 heavy (non-hydrogen) atoms. The number of nitrogen functional groups attached to an aromatic ring is 1. The molecule has 4 nitrogen and oxygen atoms in total. The maximum absolute atomic E-state index is 12.4. The second-order valence-corrected chi connectivity index (χ2v) is 4.89. The highest BCUT2D eigenvalue weighted by Crippen LogP contribution is 2.28. The van der Waals surface area contributed by atoms with Gasteiger partial charge in [-0.15, -0.1) is 0 Å². The molecule has 4 heteroatoms. The maximum atomic E-state index is 12.4. The van der Waals surface area contributed by atoms with Crippen LogP contribution in [0.15, 0.2) is 42.5 Å².